The number of rotatable bonds is 6. The summed E-state index contributed by atoms with van der Waals surface area (Å²) in [4.78, 5) is 23.3. The molecular weight excluding hydrogens is 440 g/mol. The lowest BCUT2D eigenvalue weighted by Crippen LogP contribution is -2.36. The van der Waals surface area contributed by atoms with Gasteiger partial charge in [0.05, 0.1) is 18.7 Å². The minimum absolute atomic E-state index is 0.234. The Kier molecular flexibility index (Phi) is 6.20. The Hall–Kier alpha value is -4.17. The van der Waals surface area contributed by atoms with Crippen molar-refractivity contribution in [2.75, 3.05) is 41.8 Å². The van der Waals surface area contributed by atoms with Gasteiger partial charge >= 0.3 is 0 Å². The van der Waals surface area contributed by atoms with Crippen LogP contribution in [0.1, 0.15) is 11.1 Å². The van der Waals surface area contributed by atoms with E-state index < -0.39 is 0 Å². The van der Waals surface area contributed by atoms with Crippen LogP contribution in [0, 0.1) is 13.8 Å². The lowest BCUT2D eigenvalue weighted by atomic mass is 10.1. The zero-order valence-corrected chi connectivity index (χ0v) is 19.9. The van der Waals surface area contributed by atoms with Crippen molar-refractivity contribution in [1.82, 2.24) is 14.5 Å². The number of aryl methyl sites for hydroxylation is 2. The van der Waals surface area contributed by atoms with Crippen LogP contribution in [-0.2, 0) is 9.53 Å². The standard InChI is InChI=1S/C27H28N6O2/c1-4-25(34)29-21-7-10-24-23(15-21)19(3)17-33(24)26-18(2)16-28-27(31-26)30-20-5-8-22(9-6-20)32-11-13-35-14-12-32/h4-10,15-17H,1,11-14H2,2-3H3,(H,29,34)(H,28,30,31). The number of hydrogen-bond donors (Lipinski definition) is 2. The van der Waals surface area contributed by atoms with E-state index in [2.05, 4.69) is 50.0 Å². The third-order valence-corrected chi connectivity index (χ3v) is 6.13. The van der Waals surface area contributed by atoms with Crippen LogP contribution in [0.3, 0.4) is 0 Å². The smallest absolute Gasteiger partial charge is 0.247 e. The maximum absolute atomic E-state index is 11.7. The first-order valence-corrected chi connectivity index (χ1v) is 11.6. The number of nitrogens with one attached hydrogen (secondary N) is 2. The summed E-state index contributed by atoms with van der Waals surface area (Å²) in [5.74, 6) is 1.09. The number of anilines is 4. The topological polar surface area (TPSA) is 84.3 Å². The second-order valence-corrected chi connectivity index (χ2v) is 8.58. The lowest BCUT2D eigenvalue weighted by molar-refractivity contribution is -0.111. The van der Waals surface area contributed by atoms with Crippen LogP contribution in [-0.4, -0.2) is 46.7 Å². The number of carbonyl (C=O) groups is 1. The Morgan fingerprint density at radius 1 is 1.06 bits per heavy atom. The highest BCUT2D eigenvalue weighted by molar-refractivity contribution is 6.00. The fourth-order valence-corrected chi connectivity index (χ4v) is 4.28. The summed E-state index contributed by atoms with van der Waals surface area (Å²) in [6.07, 6.45) is 5.14. The molecule has 1 amide bonds. The van der Waals surface area contributed by atoms with Crippen LogP contribution < -0.4 is 15.5 Å². The van der Waals surface area contributed by atoms with Crippen molar-refractivity contribution in [1.29, 1.82) is 0 Å². The summed E-state index contributed by atoms with van der Waals surface area (Å²) < 4.78 is 7.51. The minimum Gasteiger partial charge on any atom is -0.378 e. The molecule has 0 radical (unpaired) electrons. The monoisotopic (exact) mass is 468 g/mol. The molecule has 8 heteroatoms. The van der Waals surface area contributed by atoms with Gasteiger partial charge in [-0.05, 0) is 68.0 Å². The average Bonchev–Trinajstić information content (AvgIpc) is 3.21. The molecule has 1 saturated heterocycles. The van der Waals surface area contributed by atoms with Crippen molar-refractivity contribution in [3.8, 4) is 5.82 Å². The number of carbonyl (C=O) groups excluding carboxylic acids is 1. The van der Waals surface area contributed by atoms with E-state index in [0.717, 1.165) is 65.5 Å². The number of fused-ring (bicyclic) bond motifs is 1. The van der Waals surface area contributed by atoms with Gasteiger partial charge in [0.1, 0.15) is 5.82 Å². The molecule has 2 aromatic heterocycles. The highest BCUT2D eigenvalue weighted by atomic mass is 16.5. The molecule has 178 valence electrons. The van der Waals surface area contributed by atoms with Gasteiger partial charge in [-0.3, -0.25) is 4.79 Å². The third-order valence-electron chi connectivity index (χ3n) is 6.13. The maximum Gasteiger partial charge on any atom is 0.247 e. The average molecular weight is 469 g/mol. The molecule has 2 N–H and O–H groups in total. The van der Waals surface area contributed by atoms with Gasteiger partial charge in [0.2, 0.25) is 11.9 Å². The normalized spacial score (nSPS) is 13.6. The first-order chi connectivity index (χ1) is 17.0. The fraction of sp³-hybridized carbons (Fsp3) is 0.222. The molecular formula is C27H28N6O2. The van der Waals surface area contributed by atoms with Crippen LogP contribution in [0.15, 0.2) is 67.5 Å². The predicted octanol–water partition coefficient (Wildman–Crippen LogP) is 4.74. The maximum atomic E-state index is 11.7. The molecule has 1 aliphatic heterocycles. The number of morpholine rings is 1. The van der Waals surface area contributed by atoms with Gasteiger partial charge in [0, 0.05) is 53.5 Å². The molecule has 35 heavy (non-hydrogen) atoms. The summed E-state index contributed by atoms with van der Waals surface area (Å²) >= 11 is 0. The van der Waals surface area contributed by atoms with Gasteiger partial charge in [-0.15, -0.1) is 0 Å². The van der Waals surface area contributed by atoms with E-state index in [1.807, 2.05) is 50.4 Å². The summed E-state index contributed by atoms with van der Waals surface area (Å²) in [5, 5.41) is 7.19. The van der Waals surface area contributed by atoms with Crippen LogP contribution in [0.5, 0.6) is 0 Å². The van der Waals surface area contributed by atoms with Gasteiger partial charge in [-0.1, -0.05) is 6.58 Å². The first kappa shape index (κ1) is 22.6. The second-order valence-electron chi connectivity index (χ2n) is 8.58. The minimum atomic E-state index is -0.234. The molecule has 0 saturated carbocycles. The van der Waals surface area contributed by atoms with Crippen molar-refractivity contribution in [3.63, 3.8) is 0 Å². The summed E-state index contributed by atoms with van der Waals surface area (Å²) in [6.45, 7) is 10.9. The zero-order valence-electron chi connectivity index (χ0n) is 19.9. The summed E-state index contributed by atoms with van der Waals surface area (Å²) in [7, 11) is 0. The molecule has 4 aromatic rings. The molecule has 0 spiro atoms. The van der Waals surface area contributed by atoms with Crippen molar-refractivity contribution in [2.24, 2.45) is 0 Å². The van der Waals surface area contributed by atoms with Gasteiger partial charge in [-0.2, -0.15) is 4.98 Å². The van der Waals surface area contributed by atoms with Crippen LogP contribution >= 0.6 is 0 Å². The van der Waals surface area contributed by atoms with Gasteiger partial charge in [0.15, 0.2) is 0 Å². The SMILES string of the molecule is C=CC(=O)Nc1ccc2c(c1)c(C)cn2-c1nc(Nc2ccc(N3CCOCC3)cc2)ncc1C. The predicted molar refractivity (Wildman–Crippen MR) is 140 cm³/mol. The Morgan fingerprint density at radius 3 is 2.54 bits per heavy atom. The number of ether oxygens (including phenoxy) is 1. The van der Waals surface area contributed by atoms with E-state index >= 15 is 0 Å². The molecule has 0 atom stereocenters. The lowest BCUT2D eigenvalue weighted by Gasteiger charge is -2.28. The number of amides is 1. The quantitative estimate of drug-likeness (QED) is 0.398. The summed E-state index contributed by atoms with van der Waals surface area (Å²) in [5.41, 5.74) is 5.88. The van der Waals surface area contributed by atoms with E-state index in [1.54, 1.807) is 0 Å². The Balaban J connectivity index is 1.41. The van der Waals surface area contributed by atoms with Crippen LogP contribution in [0.25, 0.3) is 16.7 Å². The molecule has 1 fully saturated rings. The van der Waals surface area contributed by atoms with E-state index in [0.29, 0.717) is 5.95 Å². The Bertz CT molecular complexity index is 1390. The van der Waals surface area contributed by atoms with Crippen molar-refractivity contribution >= 4 is 39.8 Å². The fourth-order valence-electron chi connectivity index (χ4n) is 4.28. The molecule has 2 aromatic carbocycles. The van der Waals surface area contributed by atoms with E-state index in [1.165, 1.54) is 11.8 Å². The van der Waals surface area contributed by atoms with Crippen molar-refractivity contribution < 1.29 is 9.53 Å². The molecule has 0 bridgehead atoms. The molecule has 0 aliphatic carbocycles. The number of nitrogens with zero attached hydrogens (tertiary/aromatic N) is 4. The third kappa shape index (κ3) is 4.74. The molecule has 5 rings (SSSR count). The van der Waals surface area contributed by atoms with E-state index in [4.69, 9.17) is 9.72 Å². The van der Waals surface area contributed by atoms with Crippen LogP contribution in [0.2, 0.25) is 0 Å². The molecule has 8 nitrogen and oxygen atoms in total. The highest BCUT2D eigenvalue weighted by Gasteiger charge is 2.14. The van der Waals surface area contributed by atoms with E-state index in [9.17, 15) is 4.79 Å². The molecule has 0 unspecified atom stereocenters. The number of hydrogen-bond acceptors (Lipinski definition) is 6. The van der Waals surface area contributed by atoms with Crippen LogP contribution in [0.4, 0.5) is 23.0 Å². The Morgan fingerprint density at radius 2 is 1.80 bits per heavy atom. The van der Waals surface area contributed by atoms with Gasteiger partial charge < -0.3 is 24.8 Å². The molecule has 1 aliphatic rings. The van der Waals surface area contributed by atoms with E-state index in [-0.39, 0.29) is 5.91 Å². The zero-order chi connectivity index (χ0) is 24.4. The Labute approximate surface area is 204 Å². The van der Waals surface area contributed by atoms with Gasteiger partial charge in [0.25, 0.3) is 0 Å². The highest BCUT2D eigenvalue weighted by Crippen LogP contribution is 2.28. The second kappa shape index (κ2) is 9.60. The molecule has 3 heterocycles. The summed E-state index contributed by atoms with van der Waals surface area (Å²) in [6, 6.07) is 14.1. The van der Waals surface area contributed by atoms with Crippen molar-refractivity contribution in [2.45, 2.75) is 13.8 Å². The van der Waals surface area contributed by atoms with Gasteiger partial charge in [-0.25, -0.2) is 4.98 Å². The van der Waals surface area contributed by atoms with Crippen molar-refractivity contribution in [3.05, 3.63) is 78.6 Å². The number of benzene rings is 2. The largest absolute Gasteiger partial charge is 0.378 e. The first-order valence-electron chi connectivity index (χ1n) is 11.6. The number of aromatic nitrogens is 3.